The zero-order valence-electron chi connectivity index (χ0n) is 19.0. The smallest absolute Gasteiger partial charge is 0.243 e. The number of anilines is 1. The lowest BCUT2D eigenvalue weighted by molar-refractivity contribution is -0.125. The van der Waals surface area contributed by atoms with Crippen LogP contribution >= 0.6 is 11.8 Å². The Bertz CT molecular complexity index is 1030. The predicted octanol–water partition coefficient (Wildman–Crippen LogP) is 1.35. The third-order valence-corrected chi connectivity index (χ3v) is 8.86. The molecule has 3 N–H and O–H groups in total. The molecule has 0 aliphatic carbocycles. The van der Waals surface area contributed by atoms with Crippen molar-refractivity contribution in [2.75, 3.05) is 36.3 Å². The number of amides is 1. The lowest BCUT2D eigenvalue weighted by atomic mass is 10.1. The van der Waals surface area contributed by atoms with E-state index in [1.165, 1.54) is 23.0 Å². The first-order valence-corrected chi connectivity index (χ1v) is 14.9. The maximum Gasteiger partial charge on any atom is 0.243 e. The number of hydrogen-bond acceptors (Lipinski definition) is 8. The molecule has 2 rings (SSSR count). The molecule has 1 aromatic carbocycles. The second kappa shape index (κ2) is 10.7. The third kappa shape index (κ3) is 7.34. The average molecular weight is 508 g/mol. The number of carbonyl (C=O) groups is 1. The highest BCUT2D eigenvalue weighted by atomic mass is 32.2. The Kier molecular flexibility index (Phi) is 9.02. The van der Waals surface area contributed by atoms with Gasteiger partial charge in [-0.15, -0.1) is 11.8 Å². The molecule has 0 spiro atoms. The Morgan fingerprint density at radius 1 is 1.19 bits per heavy atom. The Morgan fingerprint density at radius 3 is 2.44 bits per heavy atom. The van der Waals surface area contributed by atoms with E-state index in [0.717, 1.165) is 16.8 Å². The summed E-state index contributed by atoms with van der Waals surface area (Å²) in [5, 5.41) is 16.4. The van der Waals surface area contributed by atoms with Crippen molar-refractivity contribution in [1.29, 1.82) is 0 Å². The number of aliphatic hydroxyl groups is 1. The third-order valence-electron chi connectivity index (χ3n) is 4.99. The number of carbonyl (C=O) groups excluding carboxylic acids is 1. The molecule has 182 valence electrons. The minimum Gasteiger partial charge on any atom is -0.390 e. The number of benzene rings is 1. The molecule has 0 aromatic heterocycles. The molecule has 32 heavy (non-hydrogen) atoms. The number of nitrogens with one attached hydrogen (secondary N) is 2. The highest BCUT2D eigenvalue weighted by Gasteiger charge is 2.31. The first-order valence-electron chi connectivity index (χ1n) is 10.4. The van der Waals surface area contributed by atoms with E-state index >= 15 is 0 Å². The fourth-order valence-electron chi connectivity index (χ4n) is 3.31. The van der Waals surface area contributed by atoms with Crippen molar-refractivity contribution in [3.05, 3.63) is 18.2 Å². The summed E-state index contributed by atoms with van der Waals surface area (Å²) in [7, 11) is -7.20. The highest BCUT2D eigenvalue weighted by Crippen LogP contribution is 2.35. The van der Waals surface area contributed by atoms with E-state index in [-0.39, 0.29) is 29.7 Å². The number of rotatable bonds is 11. The molecule has 1 aromatic rings. The van der Waals surface area contributed by atoms with Crippen LogP contribution in [0.25, 0.3) is 0 Å². The van der Waals surface area contributed by atoms with Gasteiger partial charge in [0.15, 0.2) is 0 Å². The highest BCUT2D eigenvalue weighted by molar-refractivity contribution is 8.00. The summed E-state index contributed by atoms with van der Waals surface area (Å²) in [6.45, 7) is 6.82. The molecule has 3 unspecified atom stereocenters. The number of hydrogen-bond donors (Lipinski definition) is 3. The van der Waals surface area contributed by atoms with E-state index in [0.29, 0.717) is 5.88 Å². The van der Waals surface area contributed by atoms with Crippen molar-refractivity contribution in [1.82, 2.24) is 9.62 Å². The van der Waals surface area contributed by atoms with Gasteiger partial charge in [0, 0.05) is 35.8 Å². The van der Waals surface area contributed by atoms with E-state index < -0.39 is 43.8 Å². The van der Waals surface area contributed by atoms with Crippen LogP contribution in [0, 0.1) is 11.8 Å². The SMILES string of the molecule is CC(C)CN(CC(O)C(C)NC(=O)C(C)CS(C)(=O)=O)S(=O)(=O)c1ccc2c(c1)SCN2. The summed E-state index contributed by atoms with van der Waals surface area (Å²) in [5.74, 6) is -0.902. The number of aliphatic hydroxyl groups excluding tert-OH is 1. The molecule has 9 nitrogen and oxygen atoms in total. The maximum atomic E-state index is 13.3. The van der Waals surface area contributed by atoms with Crippen LogP contribution < -0.4 is 10.6 Å². The van der Waals surface area contributed by atoms with Gasteiger partial charge in [-0.05, 0) is 31.0 Å². The lowest BCUT2D eigenvalue weighted by Gasteiger charge is -2.29. The minimum absolute atomic E-state index is 0.0159. The normalized spacial score (nSPS) is 17.0. The summed E-state index contributed by atoms with van der Waals surface area (Å²) >= 11 is 1.52. The van der Waals surface area contributed by atoms with Crippen LogP contribution in [-0.2, 0) is 24.7 Å². The number of fused-ring (bicyclic) bond motifs is 1. The topological polar surface area (TPSA) is 133 Å². The number of thioether (sulfide) groups is 1. The summed E-state index contributed by atoms with van der Waals surface area (Å²) in [6.07, 6.45) is -0.125. The lowest BCUT2D eigenvalue weighted by Crippen LogP contribution is -2.50. The van der Waals surface area contributed by atoms with Gasteiger partial charge in [0.1, 0.15) is 9.84 Å². The molecule has 1 aliphatic heterocycles. The Morgan fingerprint density at radius 2 is 1.84 bits per heavy atom. The van der Waals surface area contributed by atoms with Gasteiger partial charge in [0.2, 0.25) is 15.9 Å². The van der Waals surface area contributed by atoms with Crippen molar-refractivity contribution < 1.29 is 26.7 Å². The summed E-state index contributed by atoms with van der Waals surface area (Å²) in [6, 6.07) is 4.14. The van der Waals surface area contributed by atoms with Gasteiger partial charge >= 0.3 is 0 Å². The summed E-state index contributed by atoms with van der Waals surface area (Å²) in [4.78, 5) is 13.3. The van der Waals surface area contributed by atoms with Crippen molar-refractivity contribution in [3.8, 4) is 0 Å². The van der Waals surface area contributed by atoms with Gasteiger partial charge in [-0.2, -0.15) is 4.31 Å². The molecule has 3 atom stereocenters. The fraction of sp³-hybridized carbons (Fsp3) is 0.650. The van der Waals surface area contributed by atoms with Crippen molar-refractivity contribution in [2.24, 2.45) is 11.8 Å². The predicted molar refractivity (Wildman–Crippen MR) is 127 cm³/mol. The number of sulfonamides is 1. The second-order valence-corrected chi connectivity index (χ2v) is 13.8. The first-order chi connectivity index (χ1) is 14.7. The van der Waals surface area contributed by atoms with E-state index in [4.69, 9.17) is 0 Å². The molecule has 0 radical (unpaired) electrons. The Labute approximate surface area is 195 Å². The van der Waals surface area contributed by atoms with Gasteiger partial charge < -0.3 is 15.7 Å². The van der Waals surface area contributed by atoms with Gasteiger partial charge in [-0.3, -0.25) is 4.79 Å². The van der Waals surface area contributed by atoms with E-state index in [1.54, 1.807) is 25.1 Å². The zero-order valence-corrected chi connectivity index (χ0v) is 21.5. The van der Waals surface area contributed by atoms with Crippen LogP contribution in [0.1, 0.15) is 27.7 Å². The maximum absolute atomic E-state index is 13.3. The number of nitrogens with zero attached hydrogens (tertiary/aromatic N) is 1. The molecule has 12 heteroatoms. The van der Waals surface area contributed by atoms with Crippen LogP contribution in [0.5, 0.6) is 0 Å². The van der Waals surface area contributed by atoms with Crippen LogP contribution in [0.15, 0.2) is 28.0 Å². The molecular weight excluding hydrogens is 474 g/mol. The van der Waals surface area contributed by atoms with Crippen LogP contribution in [0.3, 0.4) is 0 Å². The first kappa shape index (κ1) is 26.9. The Hall–Kier alpha value is -1.34. The van der Waals surface area contributed by atoms with Crippen LogP contribution in [0.2, 0.25) is 0 Å². The van der Waals surface area contributed by atoms with E-state index in [2.05, 4.69) is 10.6 Å². The second-order valence-electron chi connectivity index (χ2n) is 8.70. The largest absolute Gasteiger partial charge is 0.390 e. The summed E-state index contributed by atoms with van der Waals surface area (Å²) < 4.78 is 50.8. The van der Waals surface area contributed by atoms with Gasteiger partial charge in [0.05, 0.1) is 28.7 Å². The van der Waals surface area contributed by atoms with Crippen LogP contribution in [-0.4, -0.2) is 75.3 Å². The van der Waals surface area contributed by atoms with Crippen molar-refractivity contribution in [3.63, 3.8) is 0 Å². The number of sulfone groups is 1. The van der Waals surface area contributed by atoms with E-state index in [9.17, 15) is 26.7 Å². The fourth-order valence-corrected chi connectivity index (χ4v) is 6.98. The molecular formula is C20H33N3O6S3. The van der Waals surface area contributed by atoms with Crippen LogP contribution in [0.4, 0.5) is 5.69 Å². The molecule has 1 aliphatic rings. The van der Waals surface area contributed by atoms with Crippen molar-refractivity contribution >= 4 is 43.2 Å². The standard InChI is InChI=1S/C20H33N3O6S3/c1-13(2)9-23(32(28,29)16-6-7-17-19(8-16)30-12-21-17)10-18(24)15(4)22-20(25)14(3)11-31(5,26)27/h6-8,13-15,18,21,24H,9-12H2,1-5H3,(H,22,25). The quantitative estimate of drug-likeness (QED) is 0.409. The molecule has 0 bridgehead atoms. The molecule has 1 heterocycles. The van der Waals surface area contributed by atoms with Gasteiger partial charge in [-0.25, -0.2) is 16.8 Å². The monoisotopic (exact) mass is 507 g/mol. The molecule has 0 fully saturated rings. The van der Waals surface area contributed by atoms with Crippen molar-refractivity contribution in [2.45, 2.75) is 49.6 Å². The molecule has 0 saturated heterocycles. The molecule has 1 amide bonds. The zero-order chi connectivity index (χ0) is 24.3. The average Bonchev–Trinajstić information content (AvgIpc) is 3.13. The minimum atomic E-state index is -3.87. The summed E-state index contributed by atoms with van der Waals surface area (Å²) in [5.41, 5.74) is 0.893. The van der Waals surface area contributed by atoms with Gasteiger partial charge in [-0.1, -0.05) is 20.8 Å². The van der Waals surface area contributed by atoms with Gasteiger partial charge in [0.25, 0.3) is 0 Å². The molecule has 0 saturated carbocycles. The Balaban J connectivity index is 2.14. The van der Waals surface area contributed by atoms with E-state index in [1.807, 2.05) is 13.8 Å².